The van der Waals surface area contributed by atoms with Crippen molar-refractivity contribution in [3.8, 4) is 0 Å². The topological polar surface area (TPSA) is 42.0 Å². The van der Waals surface area contributed by atoms with Crippen molar-refractivity contribution in [2.45, 2.75) is 13.5 Å². The number of carbonyl (C=O) groups is 1. The molecule has 1 aromatic heterocycles. The maximum Gasteiger partial charge on any atom is 0.253 e. The summed E-state index contributed by atoms with van der Waals surface area (Å²) in [7, 11) is 0. The van der Waals surface area contributed by atoms with Gasteiger partial charge in [-0.2, -0.15) is 0 Å². The van der Waals surface area contributed by atoms with E-state index >= 15 is 0 Å². The Morgan fingerprint density at radius 2 is 1.94 bits per heavy atom. The predicted octanol–water partition coefficient (Wildman–Crippen LogP) is 2.32. The van der Waals surface area contributed by atoms with E-state index in [-0.39, 0.29) is 5.91 Å². The fraction of sp³-hybridized carbons (Fsp3) is 0.143. The molecule has 2 rings (SSSR count). The fourth-order valence-electron chi connectivity index (χ4n) is 1.60. The summed E-state index contributed by atoms with van der Waals surface area (Å²) < 4.78 is 0. The van der Waals surface area contributed by atoms with E-state index in [9.17, 15) is 4.79 Å². The van der Waals surface area contributed by atoms with E-state index < -0.39 is 0 Å². The van der Waals surface area contributed by atoms with Crippen molar-refractivity contribution < 1.29 is 4.79 Å². The molecule has 3 nitrogen and oxygen atoms in total. The highest BCUT2D eigenvalue weighted by Crippen LogP contribution is 2.04. The van der Waals surface area contributed by atoms with Crippen LogP contribution in [-0.2, 0) is 6.54 Å². The van der Waals surface area contributed by atoms with E-state index in [1.54, 1.807) is 18.3 Å². The predicted molar refractivity (Wildman–Crippen MR) is 66.6 cm³/mol. The van der Waals surface area contributed by atoms with Gasteiger partial charge in [0.25, 0.3) is 5.91 Å². The molecule has 0 bridgehead atoms. The second-order valence-corrected chi connectivity index (χ2v) is 3.80. The lowest BCUT2D eigenvalue weighted by Gasteiger charge is -2.06. The average Bonchev–Trinajstić information content (AvgIpc) is 2.38. The first-order chi connectivity index (χ1) is 8.27. The minimum atomic E-state index is -0.0838. The molecule has 0 radical (unpaired) electrons. The van der Waals surface area contributed by atoms with Crippen LogP contribution in [0.15, 0.2) is 48.7 Å². The van der Waals surface area contributed by atoms with Crippen LogP contribution in [0.3, 0.4) is 0 Å². The van der Waals surface area contributed by atoms with Gasteiger partial charge >= 0.3 is 0 Å². The van der Waals surface area contributed by atoms with Crippen molar-refractivity contribution in [2.75, 3.05) is 0 Å². The summed E-state index contributed by atoms with van der Waals surface area (Å²) >= 11 is 0. The van der Waals surface area contributed by atoms with Gasteiger partial charge in [-0.1, -0.05) is 30.3 Å². The van der Waals surface area contributed by atoms with E-state index in [1.165, 1.54) is 0 Å². The SMILES string of the molecule is Cc1ncccc1C(=O)NCc1ccccc1. The monoisotopic (exact) mass is 226 g/mol. The Morgan fingerprint density at radius 1 is 1.18 bits per heavy atom. The number of benzene rings is 1. The van der Waals surface area contributed by atoms with Gasteiger partial charge in [-0.15, -0.1) is 0 Å². The number of rotatable bonds is 3. The lowest BCUT2D eigenvalue weighted by atomic mass is 10.2. The first kappa shape index (κ1) is 11.3. The van der Waals surface area contributed by atoms with Gasteiger partial charge in [-0.3, -0.25) is 9.78 Å². The van der Waals surface area contributed by atoms with Crippen molar-refractivity contribution in [3.63, 3.8) is 0 Å². The highest BCUT2D eigenvalue weighted by atomic mass is 16.1. The Hall–Kier alpha value is -2.16. The normalized spacial score (nSPS) is 9.94. The molecule has 0 unspecified atom stereocenters. The lowest BCUT2D eigenvalue weighted by Crippen LogP contribution is -2.23. The molecule has 0 aliphatic rings. The summed E-state index contributed by atoms with van der Waals surface area (Å²) in [5, 5.41) is 2.88. The number of hydrogen-bond acceptors (Lipinski definition) is 2. The van der Waals surface area contributed by atoms with Crippen molar-refractivity contribution in [2.24, 2.45) is 0 Å². The molecular weight excluding hydrogens is 212 g/mol. The van der Waals surface area contributed by atoms with Gasteiger partial charge in [0.05, 0.1) is 5.56 Å². The molecule has 0 saturated heterocycles. The van der Waals surface area contributed by atoms with Crippen LogP contribution in [0.1, 0.15) is 21.6 Å². The standard InChI is InChI=1S/C14H14N2O/c1-11-13(8-5-9-15-11)14(17)16-10-12-6-3-2-4-7-12/h2-9H,10H2,1H3,(H,16,17). The maximum absolute atomic E-state index is 11.9. The summed E-state index contributed by atoms with van der Waals surface area (Å²) in [5.74, 6) is -0.0838. The van der Waals surface area contributed by atoms with E-state index in [1.807, 2.05) is 37.3 Å². The Labute approximate surface area is 101 Å². The third-order valence-electron chi connectivity index (χ3n) is 2.55. The van der Waals surface area contributed by atoms with Crippen LogP contribution in [0, 0.1) is 6.92 Å². The molecule has 86 valence electrons. The van der Waals surface area contributed by atoms with Gasteiger partial charge in [0, 0.05) is 18.4 Å². The molecule has 1 aromatic carbocycles. The largest absolute Gasteiger partial charge is 0.348 e. The molecule has 3 heteroatoms. The van der Waals surface area contributed by atoms with E-state index in [0.29, 0.717) is 12.1 Å². The second kappa shape index (κ2) is 5.25. The van der Waals surface area contributed by atoms with Crippen molar-refractivity contribution in [1.29, 1.82) is 0 Å². The Bertz CT molecular complexity index is 509. The molecule has 0 spiro atoms. The zero-order valence-corrected chi connectivity index (χ0v) is 9.68. The van der Waals surface area contributed by atoms with Gasteiger partial charge in [-0.25, -0.2) is 0 Å². The van der Waals surface area contributed by atoms with Crippen molar-refractivity contribution in [3.05, 3.63) is 65.5 Å². The molecule has 17 heavy (non-hydrogen) atoms. The Kier molecular flexibility index (Phi) is 3.50. The third kappa shape index (κ3) is 2.91. The molecule has 1 amide bonds. The zero-order chi connectivity index (χ0) is 12.1. The van der Waals surface area contributed by atoms with Crippen LogP contribution < -0.4 is 5.32 Å². The second-order valence-electron chi connectivity index (χ2n) is 3.80. The first-order valence-corrected chi connectivity index (χ1v) is 5.51. The van der Waals surface area contributed by atoms with Crippen molar-refractivity contribution in [1.82, 2.24) is 10.3 Å². The first-order valence-electron chi connectivity index (χ1n) is 5.51. The number of aromatic nitrogens is 1. The molecular formula is C14H14N2O. The van der Waals surface area contributed by atoms with Gasteiger partial charge < -0.3 is 5.32 Å². The van der Waals surface area contributed by atoms with Gasteiger partial charge in [0.1, 0.15) is 0 Å². The van der Waals surface area contributed by atoms with Gasteiger partial charge in [0.15, 0.2) is 0 Å². The van der Waals surface area contributed by atoms with Gasteiger partial charge in [-0.05, 0) is 24.6 Å². The third-order valence-corrected chi connectivity index (χ3v) is 2.55. The summed E-state index contributed by atoms with van der Waals surface area (Å²) in [6.45, 7) is 2.37. The number of amides is 1. The van der Waals surface area contributed by atoms with Crippen LogP contribution in [0.4, 0.5) is 0 Å². The average molecular weight is 226 g/mol. The highest BCUT2D eigenvalue weighted by molar-refractivity contribution is 5.95. The minimum absolute atomic E-state index is 0.0838. The number of nitrogens with zero attached hydrogens (tertiary/aromatic N) is 1. The number of aryl methyl sites for hydroxylation is 1. The van der Waals surface area contributed by atoms with Crippen LogP contribution in [0.5, 0.6) is 0 Å². The quantitative estimate of drug-likeness (QED) is 0.872. The molecule has 1 N–H and O–H groups in total. The molecule has 2 aromatic rings. The number of nitrogens with one attached hydrogen (secondary N) is 1. The summed E-state index contributed by atoms with van der Waals surface area (Å²) in [5.41, 5.74) is 2.46. The molecule has 0 atom stereocenters. The van der Waals surface area contributed by atoms with E-state index in [4.69, 9.17) is 0 Å². The van der Waals surface area contributed by atoms with Crippen LogP contribution in [0.25, 0.3) is 0 Å². The van der Waals surface area contributed by atoms with Crippen molar-refractivity contribution >= 4 is 5.91 Å². The maximum atomic E-state index is 11.9. The summed E-state index contributed by atoms with van der Waals surface area (Å²) in [6, 6.07) is 13.4. The molecule has 0 aliphatic heterocycles. The molecule has 0 aliphatic carbocycles. The number of pyridine rings is 1. The molecule has 1 heterocycles. The molecule has 0 fully saturated rings. The Balaban J connectivity index is 2.01. The molecule has 0 saturated carbocycles. The summed E-state index contributed by atoms with van der Waals surface area (Å²) in [6.07, 6.45) is 1.68. The highest BCUT2D eigenvalue weighted by Gasteiger charge is 2.07. The smallest absolute Gasteiger partial charge is 0.253 e. The lowest BCUT2D eigenvalue weighted by molar-refractivity contribution is 0.0950. The Morgan fingerprint density at radius 3 is 2.65 bits per heavy atom. The van der Waals surface area contributed by atoms with Gasteiger partial charge in [0.2, 0.25) is 0 Å². The fourth-order valence-corrected chi connectivity index (χ4v) is 1.60. The van der Waals surface area contributed by atoms with Crippen LogP contribution in [0.2, 0.25) is 0 Å². The van der Waals surface area contributed by atoms with E-state index in [0.717, 1.165) is 11.3 Å². The number of hydrogen-bond donors (Lipinski definition) is 1. The summed E-state index contributed by atoms with van der Waals surface area (Å²) in [4.78, 5) is 16.0. The minimum Gasteiger partial charge on any atom is -0.348 e. The van der Waals surface area contributed by atoms with Crippen LogP contribution >= 0.6 is 0 Å². The zero-order valence-electron chi connectivity index (χ0n) is 9.68. The van der Waals surface area contributed by atoms with E-state index in [2.05, 4.69) is 10.3 Å². The number of carbonyl (C=O) groups excluding carboxylic acids is 1. The van der Waals surface area contributed by atoms with Crippen LogP contribution in [-0.4, -0.2) is 10.9 Å².